The molecule has 0 heterocycles. The summed E-state index contributed by atoms with van der Waals surface area (Å²) in [4.78, 5) is 10.5. The van der Waals surface area contributed by atoms with Gasteiger partial charge in [-0.3, -0.25) is 9.00 Å². The Morgan fingerprint density at radius 2 is 1.88 bits per heavy atom. The van der Waals surface area contributed by atoms with Crippen LogP contribution in [0.2, 0.25) is 0 Å². The van der Waals surface area contributed by atoms with Crippen molar-refractivity contribution >= 4 is 16.8 Å². The molecule has 0 amide bonds. The molecule has 0 spiro atoms. The second-order valence-corrected chi connectivity index (χ2v) is 5.40. The van der Waals surface area contributed by atoms with Crippen LogP contribution in [-0.2, 0) is 28.6 Å². The molecule has 0 aliphatic rings. The van der Waals surface area contributed by atoms with Crippen molar-refractivity contribution in [3.63, 3.8) is 0 Å². The maximum absolute atomic E-state index is 10.8. The predicted octanol–water partition coefficient (Wildman–Crippen LogP) is 0.782. The molecule has 1 rings (SSSR count). The summed E-state index contributed by atoms with van der Waals surface area (Å²) in [6.45, 7) is 1.44. The summed E-state index contributed by atoms with van der Waals surface area (Å²) < 4.78 is 10.8. The van der Waals surface area contributed by atoms with E-state index in [1.165, 1.54) is 0 Å². The lowest BCUT2D eigenvalue weighted by molar-refractivity contribution is -0.136. The van der Waals surface area contributed by atoms with Crippen molar-refractivity contribution in [2.24, 2.45) is 0 Å². The topological polar surface area (TPSA) is 66.4 Å². The molecule has 1 aromatic carbocycles. The third-order valence-corrected chi connectivity index (χ3v) is 3.05. The second kappa shape index (κ2) is 7.19. The lowest BCUT2D eigenvalue weighted by Gasteiger charge is -2.04. The summed E-state index contributed by atoms with van der Waals surface area (Å²) in [6.07, 6.45) is 1.74. The van der Waals surface area contributed by atoms with Gasteiger partial charge in [0.15, 0.2) is 0 Å². The number of aliphatic carboxylic acids is 1. The second-order valence-electron chi connectivity index (χ2n) is 3.84. The average molecular weight is 255 g/mol. The Balaban J connectivity index is 2.35. The molecule has 5 heteroatoms. The van der Waals surface area contributed by atoms with Gasteiger partial charge in [-0.15, -0.1) is 0 Å². The summed E-state index contributed by atoms with van der Waals surface area (Å²) in [7, 11) is -0.762. The van der Waals surface area contributed by atoms with E-state index in [9.17, 15) is 9.00 Å². The molecule has 0 saturated carbocycles. The maximum atomic E-state index is 10.8. The van der Waals surface area contributed by atoms with E-state index in [-0.39, 0.29) is 6.42 Å². The zero-order valence-electron chi connectivity index (χ0n) is 9.81. The van der Waals surface area contributed by atoms with Gasteiger partial charge >= 0.3 is 5.97 Å². The molecule has 0 aliphatic carbocycles. The van der Waals surface area contributed by atoms with Gasteiger partial charge in [0.05, 0.1) is 6.42 Å². The third kappa shape index (κ3) is 6.19. The zero-order chi connectivity index (χ0) is 12.7. The molecule has 0 aromatic heterocycles. The first kappa shape index (κ1) is 13.9. The first-order valence-corrected chi connectivity index (χ1v) is 7.11. The minimum atomic E-state index is -0.818. The number of benzene rings is 1. The van der Waals surface area contributed by atoms with Gasteiger partial charge in [0.25, 0.3) is 0 Å². The van der Waals surface area contributed by atoms with Crippen molar-refractivity contribution < 1.29 is 14.1 Å². The van der Waals surface area contributed by atoms with E-state index in [0.717, 1.165) is 17.7 Å². The largest absolute Gasteiger partial charge is 0.481 e. The van der Waals surface area contributed by atoms with Crippen molar-refractivity contribution in [1.82, 2.24) is 5.32 Å². The Hall–Kier alpha value is -1.20. The molecule has 0 saturated heterocycles. The van der Waals surface area contributed by atoms with Crippen LogP contribution in [0, 0.1) is 0 Å². The minimum absolute atomic E-state index is 0.0581. The van der Waals surface area contributed by atoms with Crippen LogP contribution in [0.15, 0.2) is 24.3 Å². The first-order chi connectivity index (χ1) is 8.08. The third-order valence-electron chi connectivity index (χ3n) is 2.27. The van der Waals surface area contributed by atoms with Crippen LogP contribution in [0.5, 0.6) is 0 Å². The lowest BCUT2D eigenvalue weighted by atomic mass is 10.1. The van der Waals surface area contributed by atoms with Crippen molar-refractivity contribution in [3.8, 4) is 0 Å². The van der Waals surface area contributed by atoms with Crippen LogP contribution < -0.4 is 5.32 Å². The standard InChI is InChI=1S/C12H17NO3S/c1-17(16)7-6-13-9-11-4-2-10(3-5-11)8-12(14)15/h2-5,13H,6-9H2,1H3,(H,14,15). The van der Waals surface area contributed by atoms with E-state index in [1.54, 1.807) is 6.26 Å². The van der Waals surface area contributed by atoms with E-state index >= 15 is 0 Å². The van der Waals surface area contributed by atoms with Crippen molar-refractivity contribution in [2.75, 3.05) is 18.6 Å². The molecule has 2 N–H and O–H groups in total. The molecule has 0 aliphatic heterocycles. The fourth-order valence-corrected chi connectivity index (χ4v) is 1.83. The summed E-state index contributed by atoms with van der Waals surface area (Å²) in [5.41, 5.74) is 1.90. The van der Waals surface area contributed by atoms with Crippen LogP contribution >= 0.6 is 0 Å². The molecule has 1 atom stereocenters. The number of carbonyl (C=O) groups is 1. The number of hydrogen-bond acceptors (Lipinski definition) is 3. The van der Waals surface area contributed by atoms with Crippen LogP contribution in [0.4, 0.5) is 0 Å². The van der Waals surface area contributed by atoms with Crippen molar-refractivity contribution in [1.29, 1.82) is 0 Å². The summed E-state index contributed by atoms with van der Waals surface area (Å²) in [5, 5.41) is 11.8. The monoisotopic (exact) mass is 255 g/mol. The Morgan fingerprint density at radius 1 is 1.29 bits per heavy atom. The summed E-state index contributed by atoms with van der Waals surface area (Å²) >= 11 is 0. The normalized spacial score (nSPS) is 12.3. The van der Waals surface area contributed by atoms with Crippen LogP contribution in [0.3, 0.4) is 0 Å². The number of carboxylic acid groups (broad SMARTS) is 1. The summed E-state index contributed by atoms with van der Waals surface area (Å²) in [5.74, 6) is -0.168. The molecular weight excluding hydrogens is 238 g/mol. The SMILES string of the molecule is CS(=O)CCNCc1ccc(CC(=O)O)cc1. The predicted molar refractivity (Wildman–Crippen MR) is 68.4 cm³/mol. The Labute approximate surface area is 104 Å². The smallest absolute Gasteiger partial charge is 0.307 e. The minimum Gasteiger partial charge on any atom is -0.481 e. The average Bonchev–Trinajstić information content (AvgIpc) is 2.25. The zero-order valence-corrected chi connectivity index (χ0v) is 10.6. The van der Waals surface area contributed by atoms with E-state index in [2.05, 4.69) is 5.32 Å². The Bertz CT molecular complexity index is 389. The molecule has 1 aromatic rings. The highest BCUT2D eigenvalue weighted by Crippen LogP contribution is 2.05. The number of rotatable bonds is 7. The van der Waals surface area contributed by atoms with Gasteiger partial charge in [-0.1, -0.05) is 24.3 Å². The van der Waals surface area contributed by atoms with Gasteiger partial charge in [-0.2, -0.15) is 0 Å². The van der Waals surface area contributed by atoms with Gasteiger partial charge in [0, 0.05) is 35.9 Å². The Kier molecular flexibility index (Phi) is 5.86. The quantitative estimate of drug-likeness (QED) is 0.707. The fourth-order valence-electron chi connectivity index (χ4n) is 1.40. The maximum Gasteiger partial charge on any atom is 0.307 e. The Morgan fingerprint density at radius 3 is 2.41 bits per heavy atom. The van der Waals surface area contributed by atoms with Gasteiger partial charge in [0.1, 0.15) is 0 Å². The molecule has 4 nitrogen and oxygen atoms in total. The molecule has 94 valence electrons. The molecular formula is C12H17NO3S. The highest BCUT2D eigenvalue weighted by molar-refractivity contribution is 7.84. The highest BCUT2D eigenvalue weighted by atomic mass is 32.2. The van der Waals surface area contributed by atoms with Crippen molar-refractivity contribution in [3.05, 3.63) is 35.4 Å². The van der Waals surface area contributed by atoms with E-state index < -0.39 is 16.8 Å². The number of carboxylic acids is 1. The lowest BCUT2D eigenvalue weighted by Crippen LogP contribution is -2.19. The fraction of sp³-hybridized carbons (Fsp3) is 0.417. The number of hydrogen-bond donors (Lipinski definition) is 2. The number of nitrogens with one attached hydrogen (secondary N) is 1. The van der Waals surface area contributed by atoms with E-state index in [1.807, 2.05) is 24.3 Å². The highest BCUT2D eigenvalue weighted by Gasteiger charge is 2.00. The van der Waals surface area contributed by atoms with Gasteiger partial charge in [0.2, 0.25) is 0 Å². The molecule has 17 heavy (non-hydrogen) atoms. The molecule has 0 radical (unpaired) electrons. The van der Waals surface area contributed by atoms with E-state index in [4.69, 9.17) is 5.11 Å². The van der Waals surface area contributed by atoms with Crippen molar-refractivity contribution in [2.45, 2.75) is 13.0 Å². The summed E-state index contributed by atoms with van der Waals surface area (Å²) in [6, 6.07) is 7.47. The molecule has 0 fully saturated rings. The molecule has 0 bridgehead atoms. The van der Waals surface area contributed by atoms with Crippen LogP contribution in [0.25, 0.3) is 0 Å². The molecule has 1 unspecified atom stereocenters. The van der Waals surface area contributed by atoms with Crippen LogP contribution in [0.1, 0.15) is 11.1 Å². The van der Waals surface area contributed by atoms with Gasteiger partial charge in [-0.25, -0.2) is 0 Å². The van der Waals surface area contributed by atoms with E-state index in [0.29, 0.717) is 12.3 Å². The first-order valence-electron chi connectivity index (χ1n) is 5.38. The van der Waals surface area contributed by atoms with Gasteiger partial charge < -0.3 is 10.4 Å². The van der Waals surface area contributed by atoms with Gasteiger partial charge in [-0.05, 0) is 11.1 Å². The van der Waals surface area contributed by atoms with Crippen LogP contribution in [-0.4, -0.2) is 33.8 Å².